The monoisotopic (exact) mass is 299 g/mol. The van der Waals surface area contributed by atoms with Crippen LogP contribution >= 0.6 is 22.7 Å². The van der Waals surface area contributed by atoms with Crippen molar-refractivity contribution in [3.63, 3.8) is 0 Å². The molecule has 0 aliphatic heterocycles. The molecule has 0 amide bonds. The topological polar surface area (TPSA) is 22.2 Å². The lowest BCUT2D eigenvalue weighted by atomic mass is 10.2. The Labute approximate surface area is 125 Å². The van der Waals surface area contributed by atoms with Gasteiger partial charge in [0.2, 0.25) is 0 Å². The number of aryl methyl sites for hydroxylation is 2. The first-order chi connectivity index (χ1) is 9.63. The minimum absolute atomic E-state index is 0.204. The fraction of sp³-hybridized carbons (Fsp3) is 0.333. The maximum atomic E-state index is 7.35. The summed E-state index contributed by atoms with van der Waals surface area (Å²) in [5.41, 5.74) is 2.22. The molecule has 1 aliphatic rings. The molecule has 5 heteroatoms. The van der Waals surface area contributed by atoms with Crippen LogP contribution in [0, 0.1) is 20.4 Å². The van der Waals surface area contributed by atoms with Crippen molar-refractivity contribution in [1.82, 2.24) is 9.55 Å². The lowest BCUT2D eigenvalue weighted by Gasteiger charge is -2.03. The van der Waals surface area contributed by atoms with E-state index in [1.54, 1.807) is 22.7 Å². The second-order valence-electron chi connectivity index (χ2n) is 5.37. The van der Waals surface area contributed by atoms with Gasteiger partial charge in [0.1, 0.15) is 4.83 Å². The third kappa shape index (κ3) is 1.58. The van der Waals surface area contributed by atoms with E-state index >= 15 is 0 Å². The third-order valence-electron chi connectivity index (χ3n) is 3.94. The second kappa shape index (κ2) is 3.94. The smallest absolute Gasteiger partial charge is 0.267 e. The fourth-order valence-electron chi connectivity index (χ4n) is 2.55. The molecule has 0 unspecified atom stereocenters. The van der Waals surface area contributed by atoms with Gasteiger partial charge in [-0.25, -0.2) is 11.6 Å². The molecular formula is C15H13N3S2. The summed E-state index contributed by atoms with van der Waals surface area (Å²) in [5.74, 6) is 0. The molecule has 0 radical (unpaired) electrons. The van der Waals surface area contributed by atoms with Gasteiger partial charge in [-0.2, -0.15) is 0 Å². The van der Waals surface area contributed by atoms with E-state index in [9.17, 15) is 0 Å². The summed E-state index contributed by atoms with van der Waals surface area (Å²) < 4.78 is 3.40. The Kier molecular flexibility index (Phi) is 2.39. The highest BCUT2D eigenvalue weighted by Crippen LogP contribution is 2.53. The molecule has 0 atom stereocenters. The van der Waals surface area contributed by atoms with Crippen LogP contribution in [0.25, 0.3) is 19.5 Å². The molecule has 4 rings (SSSR count). The maximum absolute atomic E-state index is 7.35. The Hall–Kier alpha value is -1.64. The van der Waals surface area contributed by atoms with Gasteiger partial charge in [0.05, 0.1) is 9.58 Å². The molecule has 0 saturated heterocycles. The zero-order valence-electron chi connectivity index (χ0n) is 11.3. The Bertz CT molecular complexity index is 805. The number of aromatic nitrogens is 2. The Morgan fingerprint density at radius 3 is 2.50 bits per heavy atom. The molecule has 1 fully saturated rings. The van der Waals surface area contributed by atoms with Crippen molar-refractivity contribution >= 4 is 32.2 Å². The van der Waals surface area contributed by atoms with Crippen molar-refractivity contribution in [2.75, 3.05) is 0 Å². The molecule has 1 saturated carbocycles. The Morgan fingerprint density at radius 2 is 1.95 bits per heavy atom. The predicted molar refractivity (Wildman–Crippen MR) is 83.8 cm³/mol. The zero-order chi connectivity index (χ0) is 13.9. The van der Waals surface area contributed by atoms with E-state index in [1.807, 2.05) is 0 Å². The molecule has 0 spiro atoms. The molecule has 3 aromatic rings. The fourth-order valence-corrected chi connectivity index (χ4v) is 5.07. The summed E-state index contributed by atoms with van der Waals surface area (Å²) in [7, 11) is 0. The van der Waals surface area contributed by atoms with Crippen LogP contribution in [-0.4, -0.2) is 9.55 Å². The van der Waals surface area contributed by atoms with Crippen LogP contribution in [0.1, 0.15) is 29.1 Å². The van der Waals surface area contributed by atoms with Crippen LogP contribution < -0.4 is 0 Å². The average Bonchev–Trinajstić information content (AvgIpc) is 2.81. The van der Waals surface area contributed by atoms with Crippen molar-refractivity contribution < 1.29 is 0 Å². The number of fused-ring (bicyclic) bond motifs is 1. The highest BCUT2D eigenvalue weighted by molar-refractivity contribution is 7.28. The minimum Gasteiger partial charge on any atom is -0.304 e. The Balaban J connectivity index is 1.82. The van der Waals surface area contributed by atoms with Gasteiger partial charge in [0, 0.05) is 24.2 Å². The minimum atomic E-state index is -0.204. The van der Waals surface area contributed by atoms with Crippen molar-refractivity contribution in [2.24, 2.45) is 0 Å². The standard InChI is InChI=1S/C15H13N3S2/c1-9-4-5-10(2)18(9)14-17-13-11(19-14)8-12(20-13)15(16-3)6-7-15/h4-5,8H,6-7H2,1-2H3. The van der Waals surface area contributed by atoms with Crippen LogP contribution in [-0.2, 0) is 5.54 Å². The highest BCUT2D eigenvalue weighted by atomic mass is 32.1. The zero-order valence-corrected chi connectivity index (χ0v) is 12.9. The summed E-state index contributed by atoms with van der Waals surface area (Å²) >= 11 is 3.41. The van der Waals surface area contributed by atoms with Gasteiger partial charge in [-0.3, -0.25) is 4.57 Å². The quantitative estimate of drug-likeness (QED) is 0.630. The summed E-state index contributed by atoms with van der Waals surface area (Å²) in [5, 5.41) is 1.03. The van der Waals surface area contributed by atoms with Gasteiger partial charge >= 0.3 is 0 Å². The summed E-state index contributed by atoms with van der Waals surface area (Å²) in [6, 6.07) is 6.42. The molecule has 3 aromatic heterocycles. The molecule has 0 bridgehead atoms. The number of hydrogen-bond acceptors (Lipinski definition) is 3. The van der Waals surface area contributed by atoms with E-state index < -0.39 is 0 Å². The lowest BCUT2D eigenvalue weighted by molar-refractivity contribution is 0.913. The normalized spacial score (nSPS) is 16.4. The van der Waals surface area contributed by atoms with E-state index in [0.29, 0.717) is 0 Å². The SMILES string of the molecule is [C-]#[N+]C1(c2cc3sc(-n4c(C)ccc4C)nc3s2)CC1. The largest absolute Gasteiger partial charge is 0.304 e. The van der Waals surface area contributed by atoms with Crippen LogP contribution in [0.5, 0.6) is 0 Å². The molecule has 3 nitrogen and oxygen atoms in total. The van der Waals surface area contributed by atoms with E-state index in [4.69, 9.17) is 11.6 Å². The van der Waals surface area contributed by atoms with Crippen LogP contribution in [0.15, 0.2) is 18.2 Å². The van der Waals surface area contributed by atoms with Crippen molar-refractivity contribution in [3.8, 4) is 5.13 Å². The maximum Gasteiger partial charge on any atom is 0.267 e. The average molecular weight is 299 g/mol. The van der Waals surface area contributed by atoms with Gasteiger partial charge in [-0.1, -0.05) is 11.3 Å². The second-order valence-corrected chi connectivity index (χ2v) is 7.41. The van der Waals surface area contributed by atoms with Crippen LogP contribution in [0.3, 0.4) is 0 Å². The van der Waals surface area contributed by atoms with Gasteiger partial charge < -0.3 is 4.85 Å². The first-order valence-electron chi connectivity index (χ1n) is 6.58. The summed E-state index contributed by atoms with van der Waals surface area (Å²) in [6.07, 6.45) is 2.01. The molecule has 20 heavy (non-hydrogen) atoms. The van der Waals surface area contributed by atoms with E-state index in [1.165, 1.54) is 21.0 Å². The lowest BCUT2D eigenvalue weighted by Crippen LogP contribution is -1.97. The van der Waals surface area contributed by atoms with Crippen molar-refractivity contribution in [3.05, 3.63) is 45.9 Å². The first-order valence-corrected chi connectivity index (χ1v) is 8.21. The molecule has 1 aliphatic carbocycles. The third-order valence-corrected chi connectivity index (χ3v) is 6.28. The number of thiazole rings is 1. The molecule has 0 N–H and O–H groups in total. The molecule has 0 aromatic carbocycles. The van der Waals surface area contributed by atoms with E-state index in [-0.39, 0.29) is 5.54 Å². The molecular weight excluding hydrogens is 286 g/mol. The van der Waals surface area contributed by atoms with Crippen molar-refractivity contribution in [1.29, 1.82) is 0 Å². The molecule has 100 valence electrons. The number of rotatable bonds is 2. The Morgan fingerprint density at radius 1 is 1.25 bits per heavy atom. The van der Waals surface area contributed by atoms with Gasteiger partial charge in [-0.05, 0) is 32.0 Å². The van der Waals surface area contributed by atoms with E-state index in [0.717, 1.165) is 22.8 Å². The van der Waals surface area contributed by atoms with Gasteiger partial charge in [-0.15, -0.1) is 11.3 Å². The highest BCUT2D eigenvalue weighted by Gasteiger charge is 2.54. The van der Waals surface area contributed by atoms with Gasteiger partial charge in [0.15, 0.2) is 5.13 Å². The van der Waals surface area contributed by atoms with Crippen LogP contribution in [0.2, 0.25) is 0 Å². The van der Waals surface area contributed by atoms with E-state index in [2.05, 4.69) is 41.5 Å². The summed E-state index contributed by atoms with van der Waals surface area (Å²) in [4.78, 5) is 10.9. The predicted octanol–water partition coefficient (Wildman–Crippen LogP) is 4.67. The van der Waals surface area contributed by atoms with Crippen LogP contribution in [0.4, 0.5) is 0 Å². The molecule has 3 heterocycles. The first kappa shape index (κ1) is 12.1. The number of hydrogen-bond donors (Lipinski definition) is 0. The number of nitrogens with zero attached hydrogens (tertiary/aromatic N) is 3. The number of thiophene rings is 1. The van der Waals surface area contributed by atoms with Crippen molar-refractivity contribution in [2.45, 2.75) is 32.2 Å². The summed E-state index contributed by atoms with van der Waals surface area (Å²) in [6.45, 7) is 11.6. The van der Waals surface area contributed by atoms with Gasteiger partial charge in [0.25, 0.3) is 5.54 Å².